The van der Waals surface area contributed by atoms with Gasteiger partial charge in [-0.3, -0.25) is 4.79 Å². The van der Waals surface area contributed by atoms with Crippen LogP contribution in [0.15, 0.2) is 82.0 Å². The SMILES string of the molecule is Cc1c(-c2ccccc2-c2ccccc2)oc2c(C(=O)O)cccc2c1=O. The minimum atomic E-state index is -1.13. The molecule has 0 saturated carbocycles. The molecule has 3 aromatic carbocycles. The molecule has 1 aromatic heterocycles. The van der Waals surface area contributed by atoms with Crippen molar-refractivity contribution in [3.05, 3.63) is 94.1 Å². The van der Waals surface area contributed by atoms with Crippen molar-refractivity contribution in [2.24, 2.45) is 0 Å². The van der Waals surface area contributed by atoms with Crippen molar-refractivity contribution in [2.75, 3.05) is 0 Å². The number of rotatable bonds is 3. The summed E-state index contributed by atoms with van der Waals surface area (Å²) in [6.45, 7) is 1.70. The molecule has 4 nitrogen and oxygen atoms in total. The van der Waals surface area contributed by atoms with Crippen LogP contribution in [-0.4, -0.2) is 11.1 Å². The molecule has 4 rings (SSSR count). The lowest BCUT2D eigenvalue weighted by Gasteiger charge is -2.13. The first kappa shape index (κ1) is 16.8. The fraction of sp³-hybridized carbons (Fsp3) is 0.0435. The van der Waals surface area contributed by atoms with Gasteiger partial charge in [0.25, 0.3) is 0 Å². The molecule has 0 saturated heterocycles. The van der Waals surface area contributed by atoms with Gasteiger partial charge < -0.3 is 9.52 Å². The van der Waals surface area contributed by atoms with Crippen LogP contribution in [0.2, 0.25) is 0 Å². The summed E-state index contributed by atoms with van der Waals surface area (Å²) in [5, 5.41) is 9.75. The molecule has 4 heteroatoms. The fourth-order valence-electron chi connectivity index (χ4n) is 3.29. The van der Waals surface area contributed by atoms with E-state index in [1.165, 1.54) is 6.07 Å². The molecular formula is C23H16O4. The van der Waals surface area contributed by atoms with Crippen molar-refractivity contribution in [1.29, 1.82) is 0 Å². The van der Waals surface area contributed by atoms with E-state index in [9.17, 15) is 14.7 Å². The third-order valence-electron chi connectivity index (χ3n) is 4.63. The molecule has 1 N–H and O–H groups in total. The summed E-state index contributed by atoms with van der Waals surface area (Å²) in [6, 6.07) is 22.0. The van der Waals surface area contributed by atoms with Crippen LogP contribution >= 0.6 is 0 Å². The van der Waals surface area contributed by atoms with Gasteiger partial charge in [0.2, 0.25) is 0 Å². The minimum Gasteiger partial charge on any atom is -0.478 e. The highest BCUT2D eigenvalue weighted by atomic mass is 16.4. The van der Waals surface area contributed by atoms with E-state index >= 15 is 0 Å². The zero-order valence-electron chi connectivity index (χ0n) is 14.6. The van der Waals surface area contributed by atoms with E-state index in [4.69, 9.17) is 4.42 Å². The van der Waals surface area contributed by atoms with Crippen molar-refractivity contribution in [3.63, 3.8) is 0 Å². The van der Waals surface area contributed by atoms with Crippen LogP contribution in [0.1, 0.15) is 15.9 Å². The number of aromatic carboxylic acids is 1. The number of carboxylic acids is 1. The third kappa shape index (κ3) is 2.81. The maximum atomic E-state index is 12.9. The molecule has 0 spiro atoms. The highest BCUT2D eigenvalue weighted by molar-refractivity contribution is 6.01. The lowest BCUT2D eigenvalue weighted by molar-refractivity contribution is 0.0698. The van der Waals surface area contributed by atoms with Crippen molar-refractivity contribution in [1.82, 2.24) is 0 Å². The van der Waals surface area contributed by atoms with E-state index in [-0.39, 0.29) is 22.0 Å². The number of carbonyl (C=O) groups is 1. The first-order valence-electron chi connectivity index (χ1n) is 8.52. The smallest absolute Gasteiger partial charge is 0.339 e. The molecule has 4 aromatic rings. The van der Waals surface area contributed by atoms with E-state index in [2.05, 4.69) is 0 Å². The molecule has 0 aliphatic heterocycles. The van der Waals surface area contributed by atoms with Gasteiger partial charge in [-0.2, -0.15) is 0 Å². The monoisotopic (exact) mass is 356 g/mol. The summed E-state index contributed by atoms with van der Waals surface area (Å²) in [5.41, 5.74) is 2.95. The molecule has 132 valence electrons. The van der Waals surface area contributed by atoms with Crippen LogP contribution in [0.3, 0.4) is 0 Å². The van der Waals surface area contributed by atoms with Gasteiger partial charge in [0.1, 0.15) is 11.3 Å². The number of hydrogen-bond donors (Lipinski definition) is 1. The Balaban J connectivity index is 2.07. The first-order valence-corrected chi connectivity index (χ1v) is 8.52. The van der Waals surface area contributed by atoms with Crippen LogP contribution in [0.25, 0.3) is 33.4 Å². The molecule has 0 aliphatic carbocycles. The molecule has 27 heavy (non-hydrogen) atoms. The van der Waals surface area contributed by atoms with Gasteiger partial charge in [-0.05, 0) is 30.2 Å². The molecule has 0 radical (unpaired) electrons. The van der Waals surface area contributed by atoms with Gasteiger partial charge >= 0.3 is 5.97 Å². The molecule has 1 heterocycles. The van der Waals surface area contributed by atoms with Gasteiger partial charge in [0.05, 0.1) is 5.39 Å². The van der Waals surface area contributed by atoms with Crippen LogP contribution in [-0.2, 0) is 0 Å². The highest BCUT2D eigenvalue weighted by Gasteiger charge is 2.19. The average molecular weight is 356 g/mol. The van der Waals surface area contributed by atoms with Gasteiger partial charge in [-0.1, -0.05) is 60.7 Å². The van der Waals surface area contributed by atoms with Gasteiger partial charge in [0.15, 0.2) is 11.0 Å². The normalized spacial score (nSPS) is 10.9. The van der Waals surface area contributed by atoms with Crippen molar-refractivity contribution in [2.45, 2.75) is 6.92 Å². The lowest BCUT2D eigenvalue weighted by Crippen LogP contribution is -2.10. The lowest BCUT2D eigenvalue weighted by atomic mass is 9.95. The van der Waals surface area contributed by atoms with E-state index in [1.54, 1.807) is 19.1 Å². The molecule has 0 bridgehead atoms. The van der Waals surface area contributed by atoms with Gasteiger partial charge in [-0.25, -0.2) is 4.79 Å². The molecule has 0 aliphatic rings. The standard InChI is InChI=1S/C23H16O4/c1-14-20(24)18-12-7-13-19(23(25)26)22(18)27-21(14)17-11-6-5-10-16(17)15-8-3-2-4-9-15/h2-13H,1H3,(H,25,26). The number of benzene rings is 3. The Bertz CT molecular complexity index is 1220. The summed E-state index contributed by atoms with van der Waals surface area (Å²) in [5.74, 6) is -0.740. The summed E-state index contributed by atoms with van der Waals surface area (Å²) < 4.78 is 6.03. The van der Waals surface area contributed by atoms with Gasteiger partial charge in [-0.15, -0.1) is 0 Å². The zero-order chi connectivity index (χ0) is 19.0. The van der Waals surface area contributed by atoms with E-state index in [0.717, 1.165) is 16.7 Å². The quantitative estimate of drug-likeness (QED) is 0.552. The van der Waals surface area contributed by atoms with Gasteiger partial charge in [0, 0.05) is 11.1 Å². The number of hydrogen-bond acceptors (Lipinski definition) is 3. The second kappa shape index (κ2) is 6.57. The number of para-hydroxylation sites is 1. The Labute approximate surface area is 155 Å². The molecule has 0 amide bonds. The average Bonchev–Trinajstić information content (AvgIpc) is 2.71. The molecule has 0 atom stereocenters. The predicted molar refractivity (Wildman–Crippen MR) is 105 cm³/mol. The van der Waals surface area contributed by atoms with Crippen molar-refractivity contribution in [3.8, 4) is 22.5 Å². The second-order valence-electron chi connectivity index (χ2n) is 6.28. The Hall–Kier alpha value is -3.66. The Kier molecular flexibility index (Phi) is 4.09. The number of fused-ring (bicyclic) bond motifs is 1. The first-order chi connectivity index (χ1) is 13.1. The molecule has 0 fully saturated rings. The van der Waals surface area contributed by atoms with Crippen LogP contribution in [0.5, 0.6) is 0 Å². The van der Waals surface area contributed by atoms with E-state index < -0.39 is 5.97 Å². The van der Waals surface area contributed by atoms with Crippen molar-refractivity contribution >= 4 is 16.9 Å². The predicted octanol–water partition coefficient (Wildman–Crippen LogP) is 5.13. The maximum absolute atomic E-state index is 12.9. The molecule has 0 unspecified atom stereocenters. The molecular weight excluding hydrogens is 340 g/mol. The Morgan fingerprint density at radius 3 is 2.22 bits per heavy atom. The number of carboxylic acid groups (broad SMARTS) is 1. The van der Waals surface area contributed by atoms with Crippen molar-refractivity contribution < 1.29 is 14.3 Å². The topological polar surface area (TPSA) is 67.5 Å². The Morgan fingerprint density at radius 2 is 1.52 bits per heavy atom. The minimum absolute atomic E-state index is 0.0250. The van der Waals surface area contributed by atoms with E-state index in [1.807, 2.05) is 54.6 Å². The summed E-state index contributed by atoms with van der Waals surface area (Å²) in [4.78, 5) is 24.5. The third-order valence-corrected chi connectivity index (χ3v) is 4.63. The summed E-state index contributed by atoms with van der Waals surface area (Å²) in [6.07, 6.45) is 0. The second-order valence-corrected chi connectivity index (χ2v) is 6.28. The summed E-state index contributed by atoms with van der Waals surface area (Å²) >= 11 is 0. The highest BCUT2D eigenvalue weighted by Crippen LogP contribution is 2.34. The zero-order valence-corrected chi connectivity index (χ0v) is 14.6. The van der Waals surface area contributed by atoms with Crippen LogP contribution in [0, 0.1) is 6.92 Å². The Morgan fingerprint density at radius 1 is 0.852 bits per heavy atom. The summed E-state index contributed by atoms with van der Waals surface area (Å²) in [7, 11) is 0. The maximum Gasteiger partial charge on any atom is 0.339 e. The van der Waals surface area contributed by atoms with E-state index in [0.29, 0.717) is 11.3 Å². The largest absolute Gasteiger partial charge is 0.478 e. The fourth-order valence-corrected chi connectivity index (χ4v) is 3.29. The van der Waals surface area contributed by atoms with Crippen LogP contribution < -0.4 is 5.43 Å². The van der Waals surface area contributed by atoms with Crippen LogP contribution in [0.4, 0.5) is 0 Å².